The molecular formula is C18H24N3O5S-. The molecule has 2 saturated heterocycles. The number of amides is 2. The van der Waals surface area contributed by atoms with Crippen LogP contribution in [0.4, 0.5) is 10.5 Å². The van der Waals surface area contributed by atoms with Crippen molar-refractivity contribution in [2.75, 3.05) is 31.1 Å². The zero-order chi connectivity index (χ0) is 19.4. The number of likely N-dealkylation sites (tertiary alicyclic amines) is 1. The van der Waals surface area contributed by atoms with Gasteiger partial charge in [-0.3, -0.25) is 13.9 Å². The van der Waals surface area contributed by atoms with Gasteiger partial charge in [-0.05, 0) is 61.5 Å². The molecule has 1 unspecified atom stereocenters. The van der Waals surface area contributed by atoms with Gasteiger partial charge in [0.1, 0.15) is 6.10 Å². The second-order valence-electron chi connectivity index (χ2n) is 6.69. The number of piperidine rings is 1. The van der Waals surface area contributed by atoms with Crippen molar-refractivity contribution < 1.29 is 23.1 Å². The van der Waals surface area contributed by atoms with E-state index in [2.05, 4.69) is 10.2 Å². The van der Waals surface area contributed by atoms with Crippen molar-refractivity contribution >= 4 is 28.8 Å². The van der Waals surface area contributed by atoms with E-state index in [4.69, 9.17) is 4.74 Å². The average Bonchev–Trinajstić information content (AvgIpc) is 3.04. The zero-order valence-electron chi connectivity index (χ0n) is 15.3. The molecule has 1 N–H and O–H groups in total. The van der Waals surface area contributed by atoms with Crippen molar-refractivity contribution in [3.8, 4) is 0 Å². The van der Waals surface area contributed by atoms with Gasteiger partial charge in [-0.15, -0.1) is 0 Å². The van der Waals surface area contributed by atoms with Crippen LogP contribution in [-0.2, 0) is 20.6 Å². The molecule has 148 valence electrons. The maximum atomic E-state index is 12.8. The Kier molecular flexibility index (Phi) is 6.46. The van der Waals surface area contributed by atoms with Gasteiger partial charge in [0.05, 0.1) is 6.04 Å². The number of benzene rings is 1. The number of carbonyl (C=O) groups is 2. The van der Waals surface area contributed by atoms with Crippen LogP contribution in [0, 0.1) is 0 Å². The second kappa shape index (κ2) is 8.81. The van der Waals surface area contributed by atoms with Crippen molar-refractivity contribution in [3.63, 3.8) is 0 Å². The van der Waals surface area contributed by atoms with Crippen LogP contribution < -0.4 is 10.2 Å². The molecule has 2 aliphatic heterocycles. The highest BCUT2D eigenvalue weighted by Gasteiger charge is 2.38. The topological polar surface area (TPSA) is 102 Å². The van der Waals surface area contributed by atoms with E-state index in [1.807, 2.05) is 6.92 Å². The smallest absolute Gasteiger partial charge is 0.407 e. The summed E-state index contributed by atoms with van der Waals surface area (Å²) in [5.41, 5.74) is 0.714. The third-order valence-electron chi connectivity index (χ3n) is 5.03. The third-order valence-corrected chi connectivity index (χ3v) is 5.69. The van der Waals surface area contributed by atoms with Gasteiger partial charge in [-0.2, -0.15) is 0 Å². The summed E-state index contributed by atoms with van der Waals surface area (Å²) in [6.07, 6.45) is 1.66. The van der Waals surface area contributed by atoms with E-state index >= 15 is 0 Å². The highest BCUT2D eigenvalue weighted by atomic mass is 32.2. The number of carbonyl (C=O) groups excluding carboxylic acids is 2. The maximum Gasteiger partial charge on any atom is 0.407 e. The number of nitrogens with one attached hydrogen (secondary N) is 1. The first-order valence-electron chi connectivity index (χ1n) is 9.19. The van der Waals surface area contributed by atoms with Crippen molar-refractivity contribution in [2.24, 2.45) is 0 Å². The molecule has 0 spiro atoms. The van der Waals surface area contributed by atoms with E-state index in [-0.39, 0.29) is 29.0 Å². The molecule has 2 amide bonds. The van der Waals surface area contributed by atoms with Crippen LogP contribution in [-0.4, -0.2) is 64.0 Å². The molecule has 0 aromatic heterocycles. The number of anilines is 1. The van der Waals surface area contributed by atoms with Gasteiger partial charge >= 0.3 is 6.09 Å². The Balaban J connectivity index is 1.55. The summed E-state index contributed by atoms with van der Waals surface area (Å²) in [4.78, 5) is 28.4. The first kappa shape index (κ1) is 19.8. The summed E-state index contributed by atoms with van der Waals surface area (Å²) in [5, 5.41) is 2.63. The van der Waals surface area contributed by atoms with Gasteiger partial charge in [0, 0.05) is 36.8 Å². The number of hydrogen-bond acceptors (Lipinski definition) is 6. The van der Waals surface area contributed by atoms with E-state index in [1.165, 1.54) is 12.1 Å². The minimum atomic E-state index is -2.27. The van der Waals surface area contributed by atoms with Crippen molar-refractivity contribution in [3.05, 3.63) is 24.3 Å². The van der Waals surface area contributed by atoms with Crippen LogP contribution in [0.1, 0.15) is 26.2 Å². The average molecular weight is 394 g/mol. The molecule has 9 heteroatoms. The fourth-order valence-corrected chi connectivity index (χ4v) is 4.00. The fourth-order valence-electron chi connectivity index (χ4n) is 3.64. The summed E-state index contributed by atoms with van der Waals surface area (Å²) in [6, 6.07) is 6.16. The molecule has 27 heavy (non-hydrogen) atoms. The quantitative estimate of drug-likeness (QED) is 0.754. The predicted octanol–water partition coefficient (Wildman–Crippen LogP) is 1.24. The Hall–Kier alpha value is -1.97. The summed E-state index contributed by atoms with van der Waals surface area (Å²) < 4.78 is 27.3. The third kappa shape index (κ3) is 4.66. The van der Waals surface area contributed by atoms with Gasteiger partial charge in [0.25, 0.3) is 0 Å². The lowest BCUT2D eigenvalue weighted by Gasteiger charge is -2.34. The molecule has 0 radical (unpaired) electrons. The highest BCUT2D eigenvalue weighted by molar-refractivity contribution is 7.79. The summed E-state index contributed by atoms with van der Waals surface area (Å²) >= 11 is -2.27. The Morgan fingerprint density at radius 3 is 2.48 bits per heavy atom. The van der Waals surface area contributed by atoms with Gasteiger partial charge in [-0.25, -0.2) is 4.79 Å². The second-order valence-corrected chi connectivity index (χ2v) is 7.63. The van der Waals surface area contributed by atoms with Gasteiger partial charge in [-0.1, -0.05) is 0 Å². The summed E-state index contributed by atoms with van der Waals surface area (Å²) in [5.74, 6) is 0.0362. The molecule has 8 nitrogen and oxygen atoms in total. The molecular weight excluding hydrogens is 370 g/mol. The lowest BCUT2D eigenvalue weighted by molar-refractivity contribution is -0.122. The fraction of sp³-hybridized carbons (Fsp3) is 0.556. The standard InChI is InChI=1S/C18H25N3O5S/c1-2-19-18(23)26-14-7-10-20(11-8-14)16-9-12-21(17(16)22)13-3-5-15(6-4-13)27(24)25/h3-6,14,16H,2,7-12H2,1H3,(H,19,23)(H,24,25)/p-1/t16-/m0/s1. The van der Waals surface area contributed by atoms with Crippen molar-refractivity contribution in [1.29, 1.82) is 0 Å². The molecule has 0 saturated carbocycles. The SMILES string of the molecule is CCNC(=O)OC1CCN([C@H]2CCN(c3ccc(S(=O)[O-])cc3)C2=O)CC1. The zero-order valence-corrected chi connectivity index (χ0v) is 16.1. The van der Waals surface area contributed by atoms with E-state index < -0.39 is 11.1 Å². The minimum absolute atomic E-state index is 0.0362. The Labute approximate surface area is 161 Å². The number of nitrogens with zero attached hydrogens (tertiary/aromatic N) is 2. The predicted molar refractivity (Wildman–Crippen MR) is 99.1 cm³/mol. The first-order valence-corrected chi connectivity index (χ1v) is 10.3. The number of alkyl carbamates (subject to hydrolysis) is 1. The normalized spacial score (nSPS) is 22.7. The molecule has 1 aromatic rings. The summed E-state index contributed by atoms with van der Waals surface area (Å²) in [6.45, 7) is 4.41. The van der Waals surface area contributed by atoms with Crippen LogP contribution in [0.15, 0.2) is 29.2 Å². The minimum Gasteiger partial charge on any atom is -0.768 e. The van der Waals surface area contributed by atoms with E-state index in [0.717, 1.165) is 6.42 Å². The Morgan fingerprint density at radius 2 is 1.89 bits per heavy atom. The molecule has 2 heterocycles. The van der Waals surface area contributed by atoms with Gasteiger partial charge in [0.15, 0.2) is 0 Å². The highest BCUT2D eigenvalue weighted by Crippen LogP contribution is 2.27. The molecule has 2 atom stereocenters. The molecule has 0 aliphatic carbocycles. The van der Waals surface area contributed by atoms with Crippen molar-refractivity contribution in [2.45, 2.75) is 43.2 Å². The lowest BCUT2D eigenvalue weighted by Crippen LogP contribution is -2.47. The lowest BCUT2D eigenvalue weighted by atomic mass is 10.0. The van der Waals surface area contributed by atoms with Crippen LogP contribution in [0.3, 0.4) is 0 Å². The van der Waals surface area contributed by atoms with Crippen LogP contribution in [0.2, 0.25) is 0 Å². The Morgan fingerprint density at radius 1 is 1.22 bits per heavy atom. The Bertz CT molecular complexity index is 703. The van der Waals surface area contributed by atoms with Gasteiger partial charge in [0.2, 0.25) is 5.91 Å². The number of rotatable bonds is 5. The monoisotopic (exact) mass is 394 g/mol. The molecule has 2 aliphatic rings. The number of ether oxygens (including phenoxy) is 1. The molecule has 3 rings (SSSR count). The first-order chi connectivity index (χ1) is 13.0. The van der Waals surface area contributed by atoms with Crippen LogP contribution >= 0.6 is 0 Å². The maximum absolute atomic E-state index is 12.8. The van der Waals surface area contributed by atoms with Gasteiger partial charge < -0.3 is 19.5 Å². The van der Waals surface area contributed by atoms with Crippen LogP contribution in [0.25, 0.3) is 0 Å². The van der Waals surface area contributed by atoms with Crippen LogP contribution in [0.5, 0.6) is 0 Å². The van der Waals surface area contributed by atoms with Crippen molar-refractivity contribution in [1.82, 2.24) is 10.2 Å². The summed E-state index contributed by atoms with van der Waals surface area (Å²) in [7, 11) is 0. The van der Waals surface area contributed by atoms with E-state index in [9.17, 15) is 18.4 Å². The molecule has 2 fully saturated rings. The molecule has 0 bridgehead atoms. The molecule has 1 aromatic carbocycles. The van der Waals surface area contributed by atoms with E-state index in [0.29, 0.717) is 44.7 Å². The number of hydrogen-bond donors (Lipinski definition) is 1. The largest absolute Gasteiger partial charge is 0.768 e. The van der Waals surface area contributed by atoms with E-state index in [1.54, 1.807) is 17.0 Å².